The molecular formula is C13H17FN2O3. The summed E-state index contributed by atoms with van der Waals surface area (Å²) in [6.45, 7) is 1.21. The van der Waals surface area contributed by atoms with E-state index < -0.39 is 17.0 Å². The summed E-state index contributed by atoms with van der Waals surface area (Å²) in [6, 6.07) is 3.72. The lowest BCUT2D eigenvalue weighted by Gasteiger charge is -2.34. The molecule has 0 saturated carbocycles. The minimum absolute atomic E-state index is 0.225. The molecule has 5 nitrogen and oxygen atoms in total. The highest BCUT2D eigenvalue weighted by Gasteiger charge is 2.38. The summed E-state index contributed by atoms with van der Waals surface area (Å²) < 4.78 is 18.4. The maximum atomic E-state index is 13.2. The van der Waals surface area contributed by atoms with Crippen molar-refractivity contribution in [1.29, 1.82) is 0 Å². The Labute approximate surface area is 110 Å². The number of phenolic OH excluding ortho intramolecular Hbond substituents is 1. The summed E-state index contributed by atoms with van der Waals surface area (Å²) in [7, 11) is 0. The molecule has 1 aromatic rings. The highest BCUT2D eigenvalue weighted by Crippen LogP contribution is 2.31. The zero-order valence-corrected chi connectivity index (χ0v) is 10.5. The van der Waals surface area contributed by atoms with Crippen molar-refractivity contribution in [2.24, 2.45) is 11.1 Å². The molecule has 1 fully saturated rings. The Morgan fingerprint density at radius 1 is 1.47 bits per heavy atom. The average Bonchev–Trinajstić information content (AvgIpc) is 2.43. The van der Waals surface area contributed by atoms with Crippen LogP contribution in [-0.4, -0.2) is 30.8 Å². The minimum atomic E-state index is -0.772. The number of hydrogen-bond acceptors (Lipinski definition) is 4. The van der Waals surface area contributed by atoms with Gasteiger partial charge in [0, 0.05) is 31.5 Å². The van der Waals surface area contributed by atoms with Gasteiger partial charge in [-0.25, -0.2) is 4.39 Å². The Balaban J connectivity index is 2.12. The summed E-state index contributed by atoms with van der Waals surface area (Å²) >= 11 is 0. The molecule has 1 aliphatic rings. The van der Waals surface area contributed by atoms with Gasteiger partial charge in [0.25, 0.3) is 0 Å². The first-order chi connectivity index (χ1) is 9.07. The standard InChI is InChI=1S/C13H17FN2O3/c14-10-7-9(1-2-11(10)17)16-12(18)13(8-15)3-5-19-6-4-13/h1-2,7,17H,3-6,8,15H2,(H,16,18). The SMILES string of the molecule is NCC1(C(=O)Nc2ccc(O)c(F)c2)CCOCC1. The van der Waals surface area contributed by atoms with Crippen molar-refractivity contribution in [3.8, 4) is 5.75 Å². The van der Waals surface area contributed by atoms with Crippen LogP contribution in [0.2, 0.25) is 0 Å². The van der Waals surface area contributed by atoms with Gasteiger partial charge in [0.1, 0.15) is 0 Å². The third-order valence-corrected chi connectivity index (χ3v) is 3.53. The highest BCUT2D eigenvalue weighted by atomic mass is 19.1. The van der Waals surface area contributed by atoms with Crippen LogP contribution in [0.1, 0.15) is 12.8 Å². The van der Waals surface area contributed by atoms with Crippen molar-refractivity contribution in [3.05, 3.63) is 24.0 Å². The second-order valence-corrected chi connectivity index (χ2v) is 4.72. The molecule has 1 aliphatic heterocycles. The summed E-state index contributed by atoms with van der Waals surface area (Å²) in [5, 5.41) is 11.7. The van der Waals surface area contributed by atoms with Gasteiger partial charge >= 0.3 is 0 Å². The monoisotopic (exact) mass is 268 g/mol. The van der Waals surface area contributed by atoms with E-state index in [-0.39, 0.29) is 12.5 Å². The molecule has 6 heteroatoms. The number of aromatic hydroxyl groups is 1. The Hall–Kier alpha value is -1.66. The fraction of sp³-hybridized carbons (Fsp3) is 0.462. The Kier molecular flexibility index (Phi) is 4.01. The molecule has 0 radical (unpaired) electrons. The normalized spacial score (nSPS) is 18.0. The largest absolute Gasteiger partial charge is 0.505 e. The van der Waals surface area contributed by atoms with Gasteiger partial charge < -0.3 is 20.9 Å². The van der Waals surface area contributed by atoms with Gasteiger partial charge in [-0.2, -0.15) is 0 Å². The first kappa shape index (κ1) is 13.8. The first-order valence-electron chi connectivity index (χ1n) is 6.15. The van der Waals surface area contributed by atoms with Gasteiger partial charge in [-0.1, -0.05) is 0 Å². The van der Waals surface area contributed by atoms with Gasteiger partial charge in [-0.15, -0.1) is 0 Å². The van der Waals surface area contributed by atoms with Crippen LogP contribution >= 0.6 is 0 Å². The van der Waals surface area contributed by atoms with Crippen molar-refractivity contribution in [2.45, 2.75) is 12.8 Å². The number of benzene rings is 1. The van der Waals surface area contributed by atoms with E-state index in [2.05, 4.69) is 5.32 Å². The Bertz CT molecular complexity index is 473. The molecule has 1 aromatic carbocycles. The van der Waals surface area contributed by atoms with Crippen molar-refractivity contribution < 1.29 is 19.0 Å². The van der Waals surface area contributed by atoms with Gasteiger partial charge in [-0.05, 0) is 25.0 Å². The molecule has 2 rings (SSSR count). The molecule has 0 aromatic heterocycles. The first-order valence-corrected chi connectivity index (χ1v) is 6.15. The maximum absolute atomic E-state index is 13.2. The van der Waals surface area contributed by atoms with Gasteiger partial charge in [0.05, 0.1) is 5.41 Å². The smallest absolute Gasteiger partial charge is 0.232 e. The van der Waals surface area contributed by atoms with Crippen molar-refractivity contribution in [1.82, 2.24) is 0 Å². The van der Waals surface area contributed by atoms with Crippen molar-refractivity contribution in [2.75, 3.05) is 25.1 Å². The molecule has 0 aliphatic carbocycles. The van der Waals surface area contributed by atoms with E-state index in [0.717, 1.165) is 6.07 Å². The molecule has 4 N–H and O–H groups in total. The van der Waals surface area contributed by atoms with Crippen LogP contribution in [0, 0.1) is 11.2 Å². The molecule has 0 atom stereocenters. The number of nitrogens with two attached hydrogens (primary N) is 1. The zero-order chi connectivity index (χ0) is 13.9. The van der Waals surface area contributed by atoms with Gasteiger partial charge in [0.15, 0.2) is 11.6 Å². The third-order valence-electron chi connectivity index (χ3n) is 3.53. The minimum Gasteiger partial charge on any atom is -0.505 e. The van der Waals surface area contributed by atoms with Crippen LogP contribution in [0.3, 0.4) is 0 Å². The van der Waals surface area contributed by atoms with Crippen LogP contribution in [0.25, 0.3) is 0 Å². The second-order valence-electron chi connectivity index (χ2n) is 4.72. The number of carbonyl (C=O) groups is 1. The van der Waals surface area contributed by atoms with Crippen molar-refractivity contribution >= 4 is 11.6 Å². The lowest BCUT2D eigenvalue weighted by atomic mass is 9.79. The van der Waals surface area contributed by atoms with Crippen LogP contribution in [0.4, 0.5) is 10.1 Å². The predicted molar refractivity (Wildman–Crippen MR) is 68.2 cm³/mol. The number of hydrogen-bond donors (Lipinski definition) is 3. The fourth-order valence-corrected chi connectivity index (χ4v) is 2.13. The average molecular weight is 268 g/mol. The molecular weight excluding hydrogens is 251 g/mol. The van der Waals surface area contributed by atoms with E-state index in [9.17, 15) is 9.18 Å². The number of amides is 1. The van der Waals surface area contributed by atoms with Crippen LogP contribution in [-0.2, 0) is 9.53 Å². The van der Waals surface area contributed by atoms with Gasteiger partial charge in [0.2, 0.25) is 5.91 Å². The number of anilines is 1. The van der Waals surface area contributed by atoms with E-state index in [1.54, 1.807) is 0 Å². The summed E-state index contributed by atoms with van der Waals surface area (Å²) in [6.07, 6.45) is 1.10. The number of ether oxygens (including phenoxy) is 1. The second kappa shape index (κ2) is 5.54. The van der Waals surface area contributed by atoms with Gasteiger partial charge in [-0.3, -0.25) is 4.79 Å². The number of phenols is 1. The van der Waals surface area contributed by atoms with Crippen LogP contribution < -0.4 is 11.1 Å². The molecule has 1 heterocycles. The summed E-state index contributed by atoms with van der Waals surface area (Å²) in [4.78, 5) is 12.3. The van der Waals surface area contributed by atoms with Crippen molar-refractivity contribution in [3.63, 3.8) is 0 Å². The number of carbonyl (C=O) groups excluding carboxylic acids is 1. The van der Waals surface area contributed by atoms with E-state index in [1.165, 1.54) is 12.1 Å². The zero-order valence-electron chi connectivity index (χ0n) is 10.5. The molecule has 1 saturated heterocycles. The molecule has 19 heavy (non-hydrogen) atoms. The molecule has 0 unspecified atom stereocenters. The van der Waals surface area contributed by atoms with E-state index in [1.807, 2.05) is 0 Å². The van der Waals surface area contributed by atoms with E-state index >= 15 is 0 Å². The van der Waals surface area contributed by atoms with Crippen LogP contribution in [0.15, 0.2) is 18.2 Å². The maximum Gasteiger partial charge on any atom is 0.232 e. The quantitative estimate of drug-likeness (QED) is 0.720. The summed E-state index contributed by atoms with van der Waals surface area (Å²) in [5.74, 6) is -1.45. The summed E-state index contributed by atoms with van der Waals surface area (Å²) in [5.41, 5.74) is 5.36. The number of halogens is 1. The molecule has 104 valence electrons. The number of rotatable bonds is 3. The molecule has 0 bridgehead atoms. The van der Waals surface area contributed by atoms with E-state index in [4.69, 9.17) is 15.6 Å². The Morgan fingerprint density at radius 3 is 2.74 bits per heavy atom. The molecule has 0 spiro atoms. The third kappa shape index (κ3) is 2.85. The van der Waals surface area contributed by atoms with Crippen LogP contribution in [0.5, 0.6) is 5.75 Å². The lowest BCUT2D eigenvalue weighted by Crippen LogP contribution is -2.46. The fourth-order valence-electron chi connectivity index (χ4n) is 2.13. The molecule has 1 amide bonds. The lowest BCUT2D eigenvalue weighted by molar-refractivity contribution is -0.130. The highest BCUT2D eigenvalue weighted by molar-refractivity contribution is 5.95. The topological polar surface area (TPSA) is 84.6 Å². The Morgan fingerprint density at radius 2 is 2.16 bits per heavy atom. The number of nitrogens with one attached hydrogen (secondary N) is 1. The van der Waals surface area contributed by atoms with E-state index in [0.29, 0.717) is 31.7 Å². The predicted octanol–water partition coefficient (Wildman–Crippen LogP) is 1.23.